The fourth-order valence-electron chi connectivity index (χ4n) is 3.47. The maximum Gasteiger partial charge on any atom is 0.231 e. The molecule has 1 amide bonds. The molecule has 0 saturated carbocycles. The second-order valence-electron chi connectivity index (χ2n) is 6.10. The number of hydrogen-bond donors (Lipinski definition) is 1. The van der Waals surface area contributed by atoms with Gasteiger partial charge >= 0.3 is 0 Å². The summed E-state index contributed by atoms with van der Waals surface area (Å²) >= 11 is 0. The first-order valence-corrected chi connectivity index (χ1v) is 7.98. The molecular weight excluding hydrogens is 308 g/mol. The van der Waals surface area contributed by atoms with Crippen molar-refractivity contribution in [2.75, 3.05) is 36.5 Å². The van der Waals surface area contributed by atoms with E-state index in [2.05, 4.69) is 30.2 Å². The van der Waals surface area contributed by atoms with E-state index in [1.807, 2.05) is 0 Å². The molecule has 4 rings (SSSR count). The van der Waals surface area contributed by atoms with Gasteiger partial charge in [0.2, 0.25) is 11.9 Å². The Morgan fingerprint density at radius 2 is 2.00 bits per heavy atom. The Hall–Kier alpha value is -2.61. The van der Waals surface area contributed by atoms with Gasteiger partial charge in [-0.05, 0) is 12.0 Å². The quantitative estimate of drug-likeness (QED) is 0.883. The van der Waals surface area contributed by atoms with E-state index in [0.29, 0.717) is 30.9 Å². The molecule has 3 atom stereocenters. The number of amides is 1. The van der Waals surface area contributed by atoms with Crippen molar-refractivity contribution in [3.8, 4) is 0 Å². The monoisotopic (exact) mass is 326 g/mol. The van der Waals surface area contributed by atoms with E-state index in [-0.39, 0.29) is 17.7 Å². The topological polar surface area (TPSA) is 93.1 Å². The van der Waals surface area contributed by atoms with E-state index in [4.69, 9.17) is 4.74 Å². The highest BCUT2D eigenvalue weighted by Gasteiger charge is 2.44. The lowest BCUT2D eigenvalue weighted by Crippen LogP contribution is -2.42. The minimum absolute atomic E-state index is 0.0685. The molecule has 124 valence electrons. The van der Waals surface area contributed by atoms with Crippen molar-refractivity contribution in [1.82, 2.24) is 19.9 Å². The summed E-state index contributed by atoms with van der Waals surface area (Å²) in [5.41, 5.74) is 0. The van der Waals surface area contributed by atoms with Gasteiger partial charge in [-0.1, -0.05) is 0 Å². The van der Waals surface area contributed by atoms with Crippen LogP contribution in [0.3, 0.4) is 0 Å². The molecule has 24 heavy (non-hydrogen) atoms. The molecule has 2 aliphatic heterocycles. The summed E-state index contributed by atoms with van der Waals surface area (Å²) in [5, 5.41) is 2.84. The van der Waals surface area contributed by atoms with Gasteiger partial charge in [-0.2, -0.15) is 0 Å². The normalized spacial score (nSPS) is 26.0. The maximum absolute atomic E-state index is 12.6. The molecule has 2 aliphatic rings. The third-order valence-corrected chi connectivity index (χ3v) is 4.62. The van der Waals surface area contributed by atoms with Crippen LogP contribution in [0.2, 0.25) is 0 Å². The predicted octanol–water partition coefficient (Wildman–Crippen LogP) is 0.604. The van der Waals surface area contributed by atoms with Gasteiger partial charge in [0.05, 0.1) is 25.3 Å². The van der Waals surface area contributed by atoms with Gasteiger partial charge in [0, 0.05) is 43.8 Å². The van der Waals surface area contributed by atoms with Crippen molar-refractivity contribution >= 4 is 17.7 Å². The average molecular weight is 326 g/mol. The molecule has 0 radical (unpaired) electrons. The highest BCUT2D eigenvalue weighted by atomic mass is 16.5. The van der Waals surface area contributed by atoms with E-state index >= 15 is 0 Å². The first-order chi connectivity index (χ1) is 11.8. The lowest BCUT2D eigenvalue weighted by Gasteiger charge is -2.31. The fraction of sp³-hybridized carbons (Fsp3) is 0.438. The van der Waals surface area contributed by atoms with Gasteiger partial charge in [0.1, 0.15) is 0 Å². The lowest BCUT2D eigenvalue weighted by atomic mass is 9.82. The second-order valence-corrected chi connectivity index (χ2v) is 6.10. The first kappa shape index (κ1) is 14.9. The molecule has 8 heteroatoms. The zero-order chi connectivity index (χ0) is 16.4. The number of carbonyl (C=O) groups excluding carboxylic acids is 1. The maximum atomic E-state index is 12.6. The molecule has 2 saturated heterocycles. The van der Waals surface area contributed by atoms with Crippen LogP contribution in [-0.2, 0) is 9.53 Å². The van der Waals surface area contributed by atoms with Crippen molar-refractivity contribution in [3.05, 3.63) is 37.1 Å². The molecule has 0 spiro atoms. The van der Waals surface area contributed by atoms with Gasteiger partial charge in [-0.15, -0.1) is 0 Å². The van der Waals surface area contributed by atoms with Crippen LogP contribution in [0, 0.1) is 17.8 Å². The van der Waals surface area contributed by atoms with Gasteiger partial charge in [0.25, 0.3) is 0 Å². The SMILES string of the molecule is O=C(Nc1cnccn1)[C@H]1COC[C@H]2CN(c3ncccn3)C[C@H]21. The van der Waals surface area contributed by atoms with E-state index in [9.17, 15) is 4.79 Å². The van der Waals surface area contributed by atoms with E-state index in [0.717, 1.165) is 13.1 Å². The third kappa shape index (κ3) is 2.92. The first-order valence-electron chi connectivity index (χ1n) is 7.98. The summed E-state index contributed by atoms with van der Waals surface area (Å²) in [6.45, 7) is 2.67. The Bertz CT molecular complexity index is 698. The molecule has 8 nitrogen and oxygen atoms in total. The summed E-state index contributed by atoms with van der Waals surface area (Å²) in [7, 11) is 0. The molecule has 0 bridgehead atoms. The summed E-state index contributed by atoms with van der Waals surface area (Å²) < 4.78 is 5.67. The molecule has 0 aliphatic carbocycles. The van der Waals surface area contributed by atoms with Crippen LogP contribution in [0.4, 0.5) is 11.8 Å². The minimum atomic E-state index is -0.209. The second kappa shape index (κ2) is 6.48. The predicted molar refractivity (Wildman–Crippen MR) is 86.2 cm³/mol. The van der Waals surface area contributed by atoms with Gasteiger partial charge in [-0.3, -0.25) is 9.78 Å². The highest BCUT2D eigenvalue weighted by molar-refractivity contribution is 5.92. The van der Waals surface area contributed by atoms with Gasteiger partial charge < -0.3 is 15.0 Å². The molecule has 0 unspecified atom stereocenters. The minimum Gasteiger partial charge on any atom is -0.380 e. The van der Waals surface area contributed by atoms with Gasteiger partial charge in [0.15, 0.2) is 5.82 Å². The number of nitrogens with one attached hydrogen (secondary N) is 1. The van der Waals surface area contributed by atoms with Crippen LogP contribution in [0.25, 0.3) is 0 Å². The Labute approximate surface area is 139 Å². The number of ether oxygens (including phenoxy) is 1. The van der Waals surface area contributed by atoms with Crippen LogP contribution in [-0.4, -0.2) is 52.1 Å². The summed E-state index contributed by atoms with van der Waals surface area (Å²) in [4.78, 5) is 31.5. The van der Waals surface area contributed by atoms with Crippen molar-refractivity contribution < 1.29 is 9.53 Å². The molecule has 2 aromatic heterocycles. The van der Waals surface area contributed by atoms with E-state index < -0.39 is 0 Å². The van der Waals surface area contributed by atoms with Crippen LogP contribution in [0.1, 0.15) is 0 Å². The zero-order valence-corrected chi connectivity index (χ0v) is 13.1. The molecule has 0 aromatic carbocycles. The number of rotatable bonds is 3. The molecule has 1 N–H and O–H groups in total. The highest BCUT2D eigenvalue weighted by Crippen LogP contribution is 2.35. The number of anilines is 2. The zero-order valence-electron chi connectivity index (χ0n) is 13.1. The van der Waals surface area contributed by atoms with Crippen LogP contribution in [0.5, 0.6) is 0 Å². The molecular formula is C16H18N6O2. The summed E-state index contributed by atoms with van der Waals surface area (Å²) in [5.74, 6) is 1.42. The van der Waals surface area contributed by atoms with Crippen molar-refractivity contribution in [1.29, 1.82) is 0 Å². The Balaban J connectivity index is 1.48. The number of hydrogen-bond acceptors (Lipinski definition) is 7. The largest absolute Gasteiger partial charge is 0.380 e. The van der Waals surface area contributed by atoms with Crippen LogP contribution >= 0.6 is 0 Å². The molecule has 4 heterocycles. The Morgan fingerprint density at radius 3 is 2.79 bits per heavy atom. The lowest BCUT2D eigenvalue weighted by molar-refractivity contribution is -0.128. The van der Waals surface area contributed by atoms with E-state index in [1.54, 1.807) is 30.9 Å². The van der Waals surface area contributed by atoms with E-state index in [1.165, 1.54) is 6.20 Å². The number of fused-ring (bicyclic) bond motifs is 1. The fourth-order valence-corrected chi connectivity index (χ4v) is 3.47. The summed E-state index contributed by atoms with van der Waals surface area (Å²) in [6.07, 6.45) is 8.14. The number of nitrogens with zero attached hydrogens (tertiary/aromatic N) is 5. The van der Waals surface area contributed by atoms with Gasteiger partial charge in [-0.25, -0.2) is 15.0 Å². The Kier molecular flexibility index (Phi) is 4.04. The Morgan fingerprint density at radius 1 is 1.12 bits per heavy atom. The van der Waals surface area contributed by atoms with Crippen molar-refractivity contribution in [3.63, 3.8) is 0 Å². The van der Waals surface area contributed by atoms with Crippen molar-refractivity contribution in [2.24, 2.45) is 17.8 Å². The molecule has 2 fully saturated rings. The summed E-state index contributed by atoms with van der Waals surface area (Å²) in [6, 6.07) is 1.80. The standard InChI is InChI=1S/C16H18N6O2/c23-15(21-14-6-17-4-5-18-14)13-10-24-9-11-7-22(8-12(11)13)16-19-2-1-3-20-16/h1-6,11-13H,7-10H2,(H,18,21,23)/t11-,12-,13+/m1/s1. The van der Waals surface area contributed by atoms with Crippen LogP contribution < -0.4 is 10.2 Å². The smallest absolute Gasteiger partial charge is 0.231 e. The molecule has 2 aromatic rings. The average Bonchev–Trinajstić information content (AvgIpc) is 3.07. The van der Waals surface area contributed by atoms with Crippen LogP contribution in [0.15, 0.2) is 37.1 Å². The number of aromatic nitrogens is 4. The van der Waals surface area contributed by atoms with Crippen molar-refractivity contribution in [2.45, 2.75) is 0 Å². The number of carbonyl (C=O) groups is 1. The third-order valence-electron chi connectivity index (χ3n) is 4.62.